The highest BCUT2D eigenvalue weighted by atomic mass is 32.2. The number of hydrogen-bond donors (Lipinski definition) is 0. The fraction of sp³-hybridized carbons (Fsp3) is 0.750. The van der Waals surface area contributed by atoms with Gasteiger partial charge in [-0.25, -0.2) is 0 Å². The van der Waals surface area contributed by atoms with Crippen molar-refractivity contribution >= 4 is 22.8 Å². The Morgan fingerprint density at radius 1 is 1.67 bits per heavy atom. The van der Waals surface area contributed by atoms with E-state index in [-0.39, 0.29) is 0 Å². The number of aliphatic imine (C=N–C) groups is 1. The zero-order chi connectivity index (χ0) is 8.55. The third-order valence-corrected chi connectivity index (χ3v) is 2.89. The third-order valence-electron chi connectivity index (χ3n) is 2.18. The summed E-state index contributed by atoms with van der Waals surface area (Å²) < 4.78 is 0. The number of carbonyl (C=O) groups excluding carboxylic acids is 1. The van der Waals surface area contributed by atoms with Gasteiger partial charge in [0, 0.05) is 12.5 Å². The fourth-order valence-electron chi connectivity index (χ4n) is 1.36. The Balaban J connectivity index is 2.03. The normalized spacial score (nSPS) is 22.8. The van der Waals surface area contributed by atoms with Crippen molar-refractivity contribution in [2.75, 3.05) is 19.3 Å². The standard InChI is InChI=1S/C8H12N2OS/c1-12-8-9-4-5-10(8)7(11)6-2-3-6/h6H,2-5H2,1H3. The first kappa shape index (κ1) is 8.10. The Morgan fingerprint density at radius 2 is 2.42 bits per heavy atom. The molecule has 0 aromatic carbocycles. The lowest BCUT2D eigenvalue weighted by atomic mass is 10.3. The molecule has 3 nitrogen and oxygen atoms in total. The third kappa shape index (κ3) is 1.35. The summed E-state index contributed by atoms with van der Waals surface area (Å²) in [6.45, 7) is 1.58. The van der Waals surface area contributed by atoms with E-state index in [4.69, 9.17) is 0 Å². The minimum atomic E-state index is 0.292. The molecule has 4 heteroatoms. The summed E-state index contributed by atoms with van der Waals surface area (Å²) in [6.07, 6.45) is 4.13. The summed E-state index contributed by atoms with van der Waals surface area (Å²) in [5, 5.41) is 0.909. The Labute approximate surface area is 76.2 Å². The average Bonchev–Trinajstić information content (AvgIpc) is 2.82. The molecule has 1 fully saturated rings. The van der Waals surface area contributed by atoms with Crippen molar-refractivity contribution in [1.82, 2.24) is 4.90 Å². The lowest BCUT2D eigenvalue weighted by molar-refractivity contribution is -0.128. The molecule has 0 saturated heterocycles. The molecule has 0 atom stereocenters. The van der Waals surface area contributed by atoms with E-state index in [9.17, 15) is 4.79 Å². The van der Waals surface area contributed by atoms with Crippen molar-refractivity contribution in [2.45, 2.75) is 12.8 Å². The molecule has 0 N–H and O–H groups in total. The maximum absolute atomic E-state index is 11.6. The number of amidine groups is 1. The smallest absolute Gasteiger partial charge is 0.231 e. The van der Waals surface area contributed by atoms with Crippen molar-refractivity contribution in [3.05, 3.63) is 0 Å². The number of carbonyl (C=O) groups is 1. The van der Waals surface area contributed by atoms with Crippen LogP contribution in [0.4, 0.5) is 0 Å². The summed E-state index contributed by atoms with van der Waals surface area (Å²) in [7, 11) is 0. The second-order valence-electron chi connectivity index (χ2n) is 3.13. The zero-order valence-corrected chi connectivity index (χ0v) is 7.93. The van der Waals surface area contributed by atoms with Crippen LogP contribution in [-0.2, 0) is 4.79 Å². The van der Waals surface area contributed by atoms with E-state index in [0.717, 1.165) is 31.1 Å². The van der Waals surface area contributed by atoms with Gasteiger partial charge in [0.25, 0.3) is 0 Å². The van der Waals surface area contributed by atoms with Crippen LogP contribution in [0.15, 0.2) is 4.99 Å². The minimum absolute atomic E-state index is 0.292. The fourth-order valence-corrected chi connectivity index (χ4v) is 1.98. The molecule has 1 heterocycles. The van der Waals surface area contributed by atoms with Gasteiger partial charge >= 0.3 is 0 Å². The van der Waals surface area contributed by atoms with Crippen molar-refractivity contribution in [2.24, 2.45) is 10.9 Å². The molecule has 1 aliphatic heterocycles. The molecule has 12 heavy (non-hydrogen) atoms. The Bertz CT molecular complexity index is 235. The summed E-state index contributed by atoms with van der Waals surface area (Å²) >= 11 is 1.57. The van der Waals surface area contributed by atoms with Crippen LogP contribution in [0.5, 0.6) is 0 Å². The van der Waals surface area contributed by atoms with Crippen LogP contribution in [0.2, 0.25) is 0 Å². The van der Waals surface area contributed by atoms with Crippen molar-refractivity contribution in [3.63, 3.8) is 0 Å². The van der Waals surface area contributed by atoms with Crippen LogP contribution in [0.1, 0.15) is 12.8 Å². The summed E-state index contributed by atoms with van der Waals surface area (Å²) in [6, 6.07) is 0. The first-order valence-electron chi connectivity index (χ1n) is 4.22. The van der Waals surface area contributed by atoms with Crippen LogP contribution in [0.3, 0.4) is 0 Å². The largest absolute Gasteiger partial charge is 0.289 e. The van der Waals surface area contributed by atoms with E-state index in [1.807, 2.05) is 11.2 Å². The van der Waals surface area contributed by atoms with Crippen LogP contribution in [0.25, 0.3) is 0 Å². The predicted molar refractivity (Wildman–Crippen MR) is 50.3 cm³/mol. The van der Waals surface area contributed by atoms with Gasteiger partial charge in [0.1, 0.15) is 0 Å². The molecule has 2 rings (SSSR count). The van der Waals surface area contributed by atoms with Gasteiger partial charge in [-0.1, -0.05) is 11.8 Å². The highest BCUT2D eigenvalue weighted by Crippen LogP contribution is 2.32. The molecule has 1 amide bonds. The molecule has 66 valence electrons. The summed E-state index contributed by atoms with van der Waals surface area (Å²) in [5.74, 6) is 0.612. The number of amides is 1. The Kier molecular flexibility index (Phi) is 2.09. The molecule has 0 aromatic rings. The first-order chi connectivity index (χ1) is 5.83. The van der Waals surface area contributed by atoms with E-state index >= 15 is 0 Å². The molecular formula is C8H12N2OS. The Hall–Kier alpha value is -0.510. The van der Waals surface area contributed by atoms with Crippen LogP contribution in [0, 0.1) is 5.92 Å². The van der Waals surface area contributed by atoms with Gasteiger partial charge in [-0.05, 0) is 19.1 Å². The van der Waals surface area contributed by atoms with Gasteiger partial charge in [-0.15, -0.1) is 0 Å². The maximum atomic E-state index is 11.6. The lowest BCUT2D eigenvalue weighted by Gasteiger charge is -2.15. The number of thioether (sulfide) groups is 1. The van der Waals surface area contributed by atoms with E-state index < -0.39 is 0 Å². The first-order valence-corrected chi connectivity index (χ1v) is 5.45. The number of hydrogen-bond acceptors (Lipinski definition) is 3. The average molecular weight is 184 g/mol. The quantitative estimate of drug-likeness (QED) is 0.608. The monoisotopic (exact) mass is 184 g/mol. The molecule has 1 saturated carbocycles. The van der Waals surface area contributed by atoms with Crippen molar-refractivity contribution < 1.29 is 4.79 Å². The summed E-state index contributed by atoms with van der Waals surface area (Å²) in [4.78, 5) is 17.7. The van der Waals surface area contributed by atoms with Crippen LogP contribution < -0.4 is 0 Å². The Morgan fingerprint density at radius 3 is 3.00 bits per heavy atom. The van der Waals surface area contributed by atoms with Crippen molar-refractivity contribution in [1.29, 1.82) is 0 Å². The van der Waals surface area contributed by atoms with Crippen molar-refractivity contribution in [3.8, 4) is 0 Å². The highest BCUT2D eigenvalue weighted by Gasteiger charge is 2.36. The van der Waals surface area contributed by atoms with E-state index in [0.29, 0.717) is 11.8 Å². The SMILES string of the molecule is CSC1=NCCN1C(=O)C1CC1. The number of rotatable bonds is 1. The lowest BCUT2D eigenvalue weighted by Crippen LogP contribution is -2.33. The molecule has 0 bridgehead atoms. The molecule has 1 aliphatic carbocycles. The highest BCUT2D eigenvalue weighted by molar-refractivity contribution is 8.13. The van der Waals surface area contributed by atoms with Gasteiger partial charge < -0.3 is 0 Å². The maximum Gasteiger partial charge on any atom is 0.231 e. The molecule has 2 aliphatic rings. The molecule has 0 aromatic heterocycles. The predicted octanol–water partition coefficient (Wildman–Crippen LogP) is 0.958. The van der Waals surface area contributed by atoms with E-state index in [1.54, 1.807) is 11.8 Å². The molecule has 0 unspecified atom stereocenters. The van der Waals surface area contributed by atoms with Crippen LogP contribution in [-0.4, -0.2) is 35.3 Å². The van der Waals surface area contributed by atoms with Crippen LogP contribution >= 0.6 is 11.8 Å². The van der Waals surface area contributed by atoms with Gasteiger partial charge in [0.05, 0.1) is 6.54 Å². The van der Waals surface area contributed by atoms with Gasteiger partial charge in [-0.3, -0.25) is 14.7 Å². The molecular weight excluding hydrogens is 172 g/mol. The topological polar surface area (TPSA) is 32.7 Å². The minimum Gasteiger partial charge on any atom is -0.289 e. The van der Waals surface area contributed by atoms with Gasteiger partial charge in [-0.2, -0.15) is 0 Å². The molecule has 0 radical (unpaired) electrons. The molecule has 0 spiro atoms. The van der Waals surface area contributed by atoms with Gasteiger partial charge in [0.15, 0.2) is 5.17 Å². The van der Waals surface area contributed by atoms with E-state index in [1.165, 1.54) is 0 Å². The number of nitrogens with zero attached hydrogens (tertiary/aromatic N) is 2. The second-order valence-corrected chi connectivity index (χ2v) is 3.91. The van der Waals surface area contributed by atoms with Gasteiger partial charge in [0.2, 0.25) is 5.91 Å². The zero-order valence-electron chi connectivity index (χ0n) is 7.12. The summed E-state index contributed by atoms with van der Waals surface area (Å²) in [5.41, 5.74) is 0. The second kappa shape index (κ2) is 3.09. The van der Waals surface area contributed by atoms with E-state index in [2.05, 4.69) is 4.99 Å².